The molecule has 0 aromatic heterocycles. The molecule has 2 rings (SSSR count). The van der Waals surface area contributed by atoms with Gasteiger partial charge in [0.05, 0.1) is 14.9 Å². The molecule has 94 valence electrons. The van der Waals surface area contributed by atoms with Gasteiger partial charge in [0.15, 0.2) is 0 Å². The average Bonchev–Trinajstić information content (AvgIpc) is 2.47. The van der Waals surface area contributed by atoms with Gasteiger partial charge < -0.3 is 0 Å². The van der Waals surface area contributed by atoms with Crippen LogP contribution in [0.2, 0.25) is 0 Å². The molecule has 18 heavy (non-hydrogen) atoms. The van der Waals surface area contributed by atoms with Crippen LogP contribution in [0.25, 0.3) is 0 Å². The zero-order chi connectivity index (χ0) is 13.0. The maximum Gasteiger partial charge on any atom is 0.0991 e. The van der Waals surface area contributed by atoms with Gasteiger partial charge in [0.25, 0.3) is 0 Å². The van der Waals surface area contributed by atoms with Gasteiger partial charge in [-0.15, -0.1) is 0 Å². The molecule has 0 unspecified atom stereocenters. The first kappa shape index (κ1) is 14.3. The molecule has 2 aromatic rings. The van der Waals surface area contributed by atoms with Crippen LogP contribution < -0.4 is 10.6 Å². The Bertz CT molecular complexity index is 435. The largest absolute Gasteiger partial charge is 0.230 e. The zero-order valence-electron chi connectivity index (χ0n) is 9.87. The van der Waals surface area contributed by atoms with Crippen molar-refractivity contribution in [2.24, 2.45) is 0 Å². The predicted molar refractivity (Wildman–Crippen MR) is 85.5 cm³/mol. The Labute approximate surface area is 120 Å². The number of nitrogens with zero attached hydrogens (tertiary/aromatic N) is 1. The van der Waals surface area contributed by atoms with Crippen molar-refractivity contribution in [3.63, 3.8) is 0 Å². The summed E-state index contributed by atoms with van der Waals surface area (Å²) in [4.78, 5) is 0. The Hall–Kier alpha value is -0.160. The first-order chi connectivity index (χ1) is 8.70. The van der Waals surface area contributed by atoms with E-state index in [1.54, 1.807) is 0 Å². The lowest BCUT2D eigenvalue weighted by atomic mass is 10.4. The molecule has 0 aliphatic heterocycles. The van der Waals surface area contributed by atoms with E-state index in [-0.39, 0.29) is 0 Å². The van der Waals surface area contributed by atoms with Gasteiger partial charge in [-0.05, 0) is 7.05 Å². The summed E-state index contributed by atoms with van der Waals surface area (Å²) in [5, 5.41) is 2.25. The molecule has 0 radical (unpaired) electrons. The number of rotatable bonds is 4. The maximum atomic E-state index is 6.52. The fraction of sp³-hybridized carbons (Fsp3) is 0.0769. The number of hydrogen-bond acceptors (Lipinski definition) is 1. The highest BCUT2D eigenvalue weighted by Gasteiger charge is 2.22. The molecule has 5 heteroatoms. The van der Waals surface area contributed by atoms with Crippen molar-refractivity contribution in [1.82, 2.24) is 4.44 Å². The standard InChI is InChI=1S/C13H13Cl2NP2/c1-16(17(14)12-8-4-2-5-9-12)18(15)13-10-6-3-7-11-13/h2-11H,1H3/t17-,18+. The van der Waals surface area contributed by atoms with E-state index in [4.69, 9.17) is 22.5 Å². The van der Waals surface area contributed by atoms with Crippen LogP contribution in [-0.2, 0) is 0 Å². The van der Waals surface area contributed by atoms with Gasteiger partial charge in [0.2, 0.25) is 0 Å². The van der Waals surface area contributed by atoms with Crippen molar-refractivity contribution in [2.75, 3.05) is 7.05 Å². The summed E-state index contributed by atoms with van der Waals surface area (Å²) in [5.41, 5.74) is 0. The van der Waals surface area contributed by atoms with Crippen molar-refractivity contribution in [2.45, 2.75) is 0 Å². The lowest BCUT2D eigenvalue weighted by Crippen LogP contribution is -2.14. The maximum absolute atomic E-state index is 6.52. The van der Waals surface area contributed by atoms with Crippen LogP contribution >= 0.6 is 37.3 Å². The van der Waals surface area contributed by atoms with Crippen LogP contribution in [0.4, 0.5) is 0 Å². The molecule has 0 aliphatic carbocycles. The quantitative estimate of drug-likeness (QED) is 0.741. The van der Waals surface area contributed by atoms with E-state index in [0.717, 1.165) is 10.6 Å². The van der Waals surface area contributed by atoms with Gasteiger partial charge in [-0.2, -0.15) is 0 Å². The molecule has 0 fully saturated rings. The van der Waals surface area contributed by atoms with Crippen molar-refractivity contribution >= 4 is 47.9 Å². The summed E-state index contributed by atoms with van der Waals surface area (Å²) in [6, 6.07) is 20.1. The third-order valence-corrected chi connectivity index (χ3v) is 9.15. The predicted octanol–water partition coefficient (Wildman–Crippen LogP) is 4.67. The first-order valence-corrected chi connectivity index (χ1v) is 9.85. The summed E-state index contributed by atoms with van der Waals surface area (Å²) in [6.07, 6.45) is 0. The van der Waals surface area contributed by atoms with E-state index in [9.17, 15) is 0 Å². The molecule has 1 nitrogen and oxygen atoms in total. The summed E-state index contributed by atoms with van der Waals surface area (Å²) >= 11 is 13.0. The summed E-state index contributed by atoms with van der Waals surface area (Å²) in [7, 11) is 0.189. The van der Waals surface area contributed by atoms with E-state index in [0.29, 0.717) is 0 Å². The minimum atomic E-state index is -0.897. The molecule has 0 bridgehead atoms. The molecule has 2 atom stereocenters. The monoisotopic (exact) mass is 315 g/mol. The van der Waals surface area contributed by atoms with Gasteiger partial charge in [0, 0.05) is 10.6 Å². The fourth-order valence-electron chi connectivity index (χ4n) is 1.51. The third-order valence-electron chi connectivity index (χ3n) is 2.45. The smallest absolute Gasteiger partial charge is 0.0991 e. The zero-order valence-corrected chi connectivity index (χ0v) is 13.2. The Morgan fingerprint density at radius 3 is 1.39 bits per heavy atom. The van der Waals surface area contributed by atoms with Gasteiger partial charge in [-0.1, -0.05) is 83.1 Å². The third kappa shape index (κ3) is 3.44. The first-order valence-electron chi connectivity index (χ1n) is 5.45. The van der Waals surface area contributed by atoms with E-state index < -0.39 is 14.9 Å². The Balaban J connectivity index is 2.14. The Kier molecular flexibility index (Phi) is 5.42. The fourth-order valence-corrected chi connectivity index (χ4v) is 6.39. The molecule has 0 N–H and O–H groups in total. The van der Waals surface area contributed by atoms with Crippen molar-refractivity contribution in [3.05, 3.63) is 60.7 Å². The lowest BCUT2D eigenvalue weighted by Gasteiger charge is -2.26. The summed E-state index contributed by atoms with van der Waals surface area (Å²) in [5.74, 6) is 0. The molecular weight excluding hydrogens is 303 g/mol. The van der Waals surface area contributed by atoms with E-state index in [1.807, 2.05) is 67.7 Å². The van der Waals surface area contributed by atoms with E-state index in [2.05, 4.69) is 4.44 Å². The molecule has 2 aromatic carbocycles. The van der Waals surface area contributed by atoms with Crippen LogP contribution in [0, 0.1) is 0 Å². The number of hydrogen-bond donors (Lipinski definition) is 0. The second-order valence-electron chi connectivity index (χ2n) is 3.68. The van der Waals surface area contributed by atoms with E-state index >= 15 is 0 Å². The Morgan fingerprint density at radius 1 is 0.722 bits per heavy atom. The second-order valence-corrected chi connectivity index (χ2v) is 9.19. The second kappa shape index (κ2) is 6.85. The molecule has 0 heterocycles. The van der Waals surface area contributed by atoms with Crippen LogP contribution in [-0.4, -0.2) is 11.5 Å². The van der Waals surface area contributed by atoms with Crippen molar-refractivity contribution in [1.29, 1.82) is 0 Å². The molecular formula is C13H13Cl2NP2. The number of benzene rings is 2. The van der Waals surface area contributed by atoms with Crippen LogP contribution in [0.15, 0.2) is 60.7 Å². The Morgan fingerprint density at radius 2 is 1.06 bits per heavy atom. The highest BCUT2D eigenvalue weighted by Crippen LogP contribution is 2.59. The molecule has 0 aliphatic rings. The lowest BCUT2D eigenvalue weighted by molar-refractivity contribution is 0.922. The van der Waals surface area contributed by atoms with Gasteiger partial charge in [-0.25, -0.2) is 4.44 Å². The van der Waals surface area contributed by atoms with Gasteiger partial charge >= 0.3 is 0 Å². The highest BCUT2D eigenvalue weighted by atomic mass is 35.7. The van der Waals surface area contributed by atoms with Crippen LogP contribution in [0.5, 0.6) is 0 Å². The molecule has 0 saturated heterocycles. The molecule has 0 spiro atoms. The normalized spacial score (nSPS) is 14.4. The summed E-state index contributed by atoms with van der Waals surface area (Å²) in [6.45, 7) is 0. The van der Waals surface area contributed by atoms with E-state index in [1.165, 1.54) is 0 Å². The van der Waals surface area contributed by atoms with Gasteiger partial charge in [-0.3, -0.25) is 0 Å². The molecule has 0 saturated carbocycles. The van der Waals surface area contributed by atoms with Crippen molar-refractivity contribution < 1.29 is 0 Å². The highest BCUT2D eigenvalue weighted by molar-refractivity contribution is 8.00. The van der Waals surface area contributed by atoms with Crippen LogP contribution in [0.3, 0.4) is 0 Å². The average molecular weight is 316 g/mol. The van der Waals surface area contributed by atoms with Crippen LogP contribution in [0.1, 0.15) is 0 Å². The summed E-state index contributed by atoms with van der Waals surface area (Å²) < 4.78 is 2.07. The SMILES string of the molecule is CN([P@](Cl)c1ccccc1)[P@@](Cl)c1ccccc1. The topological polar surface area (TPSA) is 3.24 Å². The minimum absolute atomic E-state index is 0.897. The minimum Gasteiger partial charge on any atom is -0.230 e. The van der Waals surface area contributed by atoms with Crippen molar-refractivity contribution in [3.8, 4) is 0 Å². The number of halogens is 2. The van der Waals surface area contributed by atoms with Gasteiger partial charge in [0.1, 0.15) is 0 Å². The molecule has 0 amide bonds.